The lowest BCUT2D eigenvalue weighted by molar-refractivity contribution is -0.0149. The quantitative estimate of drug-likeness (QED) is 0.706. The first-order valence-corrected chi connectivity index (χ1v) is 8.08. The van der Waals surface area contributed by atoms with Gasteiger partial charge in [-0.15, -0.1) is 0 Å². The number of para-hydroxylation sites is 1. The van der Waals surface area contributed by atoms with Gasteiger partial charge in [-0.25, -0.2) is 0 Å². The third kappa shape index (κ3) is 10.5. The van der Waals surface area contributed by atoms with Crippen LogP contribution >= 0.6 is 0 Å². The molecule has 0 heterocycles. The molecule has 0 aromatic heterocycles. The van der Waals surface area contributed by atoms with E-state index in [0.29, 0.717) is 6.61 Å². The molecule has 0 radical (unpaired) electrons. The molecular formula is C21H30O2. The average Bonchev–Trinajstić information content (AvgIpc) is 2.46. The second-order valence-electron chi connectivity index (χ2n) is 7.41. The highest BCUT2D eigenvalue weighted by Crippen LogP contribution is 2.16. The Kier molecular flexibility index (Phi) is 7.31. The van der Waals surface area contributed by atoms with E-state index < -0.39 is 0 Å². The largest absolute Gasteiger partial charge is 0.488 e. The maximum absolute atomic E-state index is 5.62. The first-order valence-electron chi connectivity index (χ1n) is 8.08. The Balaban J connectivity index is 0.000000231. The molecule has 23 heavy (non-hydrogen) atoms. The number of benzene rings is 2. The summed E-state index contributed by atoms with van der Waals surface area (Å²) in [5.41, 5.74) is 1.09. The zero-order valence-electron chi connectivity index (χ0n) is 15.3. The van der Waals surface area contributed by atoms with Crippen LogP contribution in [0, 0.1) is 0 Å². The normalized spacial score (nSPS) is 11.4. The fraction of sp³-hybridized carbons (Fsp3) is 0.429. The van der Waals surface area contributed by atoms with E-state index in [0.717, 1.165) is 5.75 Å². The van der Waals surface area contributed by atoms with Gasteiger partial charge in [-0.05, 0) is 59.2 Å². The highest BCUT2D eigenvalue weighted by atomic mass is 16.5. The smallest absolute Gasteiger partial charge is 0.120 e. The minimum Gasteiger partial charge on any atom is -0.488 e. The highest BCUT2D eigenvalue weighted by Gasteiger charge is 2.10. The minimum absolute atomic E-state index is 0.0458. The van der Waals surface area contributed by atoms with E-state index >= 15 is 0 Å². The summed E-state index contributed by atoms with van der Waals surface area (Å²) in [6.45, 7) is 13.0. The van der Waals surface area contributed by atoms with Crippen LogP contribution in [-0.4, -0.2) is 11.2 Å². The van der Waals surface area contributed by atoms with E-state index in [2.05, 4.69) is 32.9 Å². The maximum atomic E-state index is 5.62. The Morgan fingerprint density at radius 2 is 1.13 bits per heavy atom. The van der Waals surface area contributed by atoms with Crippen LogP contribution in [0.15, 0.2) is 60.7 Å². The lowest BCUT2D eigenvalue weighted by Gasteiger charge is -2.20. The Hall–Kier alpha value is -1.80. The molecule has 0 N–H and O–H groups in total. The summed E-state index contributed by atoms with van der Waals surface area (Å²) in [4.78, 5) is 0. The molecule has 0 saturated carbocycles. The predicted molar refractivity (Wildman–Crippen MR) is 97.8 cm³/mol. The van der Waals surface area contributed by atoms with Gasteiger partial charge in [-0.1, -0.05) is 48.5 Å². The Morgan fingerprint density at radius 3 is 1.57 bits per heavy atom. The Morgan fingerprint density at radius 1 is 0.652 bits per heavy atom. The van der Waals surface area contributed by atoms with E-state index in [1.54, 1.807) is 0 Å². The lowest BCUT2D eigenvalue weighted by atomic mass is 10.2. The van der Waals surface area contributed by atoms with E-state index in [1.165, 1.54) is 5.56 Å². The van der Waals surface area contributed by atoms with Crippen molar-refractivity contribution in [3.63, 3.8) is 0 Å². The van der Waals surface area contributed by atoms with Crippen molar-refractivity contribution in [2.24, 2.45) is 0 Å². The zero-order chi connectivity index (χ0) is 17.3. The first-order chi connectivity index (χ1) is 10.7. The molecule has 0 spiro atoms. The molecule has 2 heteroatoms. The highest BCUT2D eigenvalue weighted by molar-refractivity contribution is 5.21. The third-order valence-corrected chi connectivity index (χ3v) is 2.68. The molecular weight excluding hydrogens is 284 g/mol. The van der Waals surface area contributed by atoms with Crippen molar-refractivity contribution in [3.8, 4) is 5.75 Å². The van der Waals surface area contributed by atoms with Gasteiger partial charge in [0.1, 0.15) is 11.4 Å². The minimum atomic E-state index is -0.0959. The van der Waals surface area contributed by atoms with Gasteiger partial charge in [0.15, 0.2) is 0 Å². The molecule has 0 saturated heterocycles. The van der Waals surface area contributed by atoms with Crippen molar-refractivity contribution in [2.75, 3.05) is 0 Å². The van der Waals surface area contributed by atoms with E-state index in [9.17, 15) is 0 Å². The van der Waals surface area contributed by atoms with Crippen molar-refractivity contribution in [2.45, 2.75) is 59.4 Å². The molecule has 2 rings (SSSR count). The molecule has 2 nitrogen and oxygen atoms in total. The zero-order valence-corrected chi connectivity index (χ0v) is 15.3. The second kappa shape index (κ2) is 8.73. The first kappa shape index (κ1) is 19.2. The van der Waals surface area contributed by atoms with Crippen molar-refractivity contribution in [1.29, 1.82) is 0 Å². The summed E-state index contributed by atoms with van der Waals surface area (Å²) in [6.07, 6.45) is 0. The predicted octanol–water partition coefficient (Wildman–Crippen LogP) is 5.87. The second-order valence-corrected chi connectivity index (χ2v) is 7.41. The van der Waals surface area contributed by atoms with Gasteiger partial charge in [0, 0.05) is 0 Å². The van der Waals surface area contributed by atoms with Crippen molar-refractivity contribution < 1.29 is 9.47 Å². The molecule has 0 fully saturated rings. The average molecular weight is 314 g/mol. The van der Waals surface area contributed by atoms with Gasteiger partial charge >= 0.3 is 0 Å². The topological polar surface area (TPSA) is 18.5 Å². The van der Waals surface area contributed by atoms with Crippen LogP contribution in [0.4, 0.5) is 0 Å². The molecule has 0 atom stereocenters. The van der Waals surface area contributed by atoms with Gasteiger partial charge < -0.3 is 9.47 Å². The molecule has 0 bridgehead atoms. The number of rotatable bonds is 3. The number of ether oxygens (including phenoxy) is 2. The van der Waals surface area contributed by atoms with Gasteiger partial charge in [0.25, 0.3) is 0 Å². The van der Waals surface area contributed by atoms with E-state index in [1.807, 2.05) is 69.3 Å². The maximum Gasteiger partial charge on any atom is 0.120 e. The van der Waals surface area contributed by atoms with Crippen LogP contribution in [0.3, 0.4) is 0 Å². The summed E-state index contributed by atoms with van der Waals surface area (Å²) >= 11 is 0. The van der Waals surface area contributed by atoms with E-state index in [4.69, 9.17) is 9.47 Å². The molecule has 0 aliphatic rings. The van der Waals surface area contributed by atoms with Crippen LogP contribution in [-0.2, 0) is 11.3 Å². The fourth-order valence-electron chi connectivity index (χ4n) is 1.72. The standard InChI is InChI=1S/C11H16O.C10H14O/c1-11(2,3)12-9-10-7-5-4-6-8-10;1-10(2,3)11-9-7-5-4-6-8-9/h4-8H,9H2,1-3H3;4-8H,1-3H3. The molecule has 126 valence electrons. The summed E-state index contributed by atoms with van der Waals surface area (Å²) < 4.78 is 11.2. The van der Waals surface area contributed by atoms with Gasteiger partial charge in [-0.2, -0.15) is 0 Å². The summed E-state index contributed by atoms with van der Waals surface area (Å²) in [7, 11) is 0. The molecule has 2 aromatic carbocycles. The fourth-order valence-corrected chi connectivity index (χ4v) is 1.72. The van der Waals surface area contributed by atoms with Crippen LogP contribution < -0.4 is 4.74 Å². The molecule has 2 aromatic rings. The molecule has 0 unspecified atom stereocenters. The molecule has 0 amide bonds. The number of hydrogen-bond donors (Lipinski definition) is 0. The van der Waals surface area contributed by atoms with E-state index in [-0.39, 0.29) is 11.2 Å². The molecule has 0 aliphatic heterocycles. The van der Waals surface area contributed by atoms with Crippen molar-refractivity contribution >= 4 is 0 Å². The van der Waals surface area contributed by atoms with Crippen LogP contribution in [0.1, 0.15) is 47.1 Å². The molecule has 0 aliphatic carbocycles. The van der Waals surface area contributed by atoms with Crippen LogP contribution in [0.5, 0.6) is 5.75 Å². The van der Waals surface area contributed by atoms with Crippen molar-refractivity contribution in [1.82, 2.24) is 0 Å². The van der Waals surface area contributed by atoms with Gasteiger partial charge in [0.2, 0.25) is 0 Å². The SMILES string of the molecule is CC(C)(C)OCc1ccccc1.CC(C)(C)Oc1ccccc1. The Bertz CT molecular complexity index is 534. The summed E-state index contributed by atoms with van der Waals surface area (Å²) in [5, 5.41) is 0. The number of hydrogen-bond acceptors (Lipinski definition) is 2. The van der Waals surface area contributed by atoms with Crippen molar-refractivity contribution in [3.05, 3.63) is 66.2 Å². The Labute approximate surface area is 141 Å². The van der Waals surface area contributed by atoms with Gasteiger partial charge in [0.05, 0.1) is 12.2 Å². The summed E-state index contributed by atoms with van der Waals surface area (Å²) in [5.74, 6) is 0.931. The summed E-state index contributed by atoms with van der Waals surface area (Å²) in [6, 6.07) is 20.1. The van der Waals surface area contributed by atoms with Gasteiger partial charge in [-0.3, -0.25) is 0 Å². The lowest BCUT2D eigenvalue weighted by Crippen LogP contribution is -2.22. The van der Waals surface area contributed by atoms with Crippen LogP contribution in [0.2, 0.25) is 0 Å². The third-order valence-electron chi connectivity index (χ3n) is 2.68. The monoisotopic (exact) mass is 314 g/mol. The van der Waals surface area contributed by atoms with Crippen LogP contribution in [0.25, 0.3) is 0 Å².